The van der Waals surface area contributed by atoms with E-state index < -0.39 is 0 Å². The fourth-order valence-corrected chi connectivity index (χ4v) is 6.78. The van der Waals surface area contributed by atoms with Gasteiger partial charge in [0.05, 0.1) is 0 Å². The zero-order chi connectivity index (χ0) is 19.0. The van der Waals surface area contributed by atoms with E-state index in [0.29, 0.717) is 24.4 Å². The van der Waals surface area contributed by atoms with Crippen LogP contribution in [-0.4, -0.2) is 10.8 Å². The molecule has 0 aliphatic heterocycles. The van der Waals surface area contributed by atoms with E-state index in [4.69, 9.17) is 0 Å². The van der Waals surface area contributed by atoms with Crippen molar-refractivity contribution in [3.05, 3.63) is 71.8 Å². The Morgan fingerprint density at radius 3 is 1.61 bits per heavy atom. The Bertz CT molecular complexity index is 736. The molecule has 1 amide bonds. The summed E-state index contributed by atoms with van der Waals surface area (Å²) >= 11 is 0. The summed E-state index contributed by atoms with van der Waals surface area (Å²) in [7, 11) is 0. The molecule has 4 saturated carbocycles. The Balaban J connectivity index is 1.35. The first-order chi connectivity index (χ1) is 13.7. The van der Waals surface area contributed by atoms with Gasteiger partial charge in [0.25, 0.3) is 0 Å². The molecule has 0 N–H and O–H groups in total. The van der Waals surface area contributed by atoms with Crippen LogP contribution in [0.4, 0.5) is 0 Å². The smallest absolute Gasteiger partial charge is 0.223 e. The van der Waals surface area contributed by atoms with E-state index >= 15 is 0 Å². The van der Waals surface area contributed by atoms with Crippen LogP contribution in [0.15, 0.2) is 60.7 Å². The molecule has 0 radical (unpaired) electrons. The van der Waals surface area contributed by atoms with Gasteiger partial charge in [-0.15, -0.1) is 0 Å². The minimum absolute atomic E-state index is 0.303. The van der Waals surface area contributed by atoms with Crippen molar-refractivity contribution in [2.75, 3.05) is 0 Å². The second-order valence-electron chi connectivity index (χ2n) is 9.82. The largest absolute Gasteiger partial charge is 0.334 e. The summed E-state index contributed by atoms with van der Waals surface area (Å²) in [5.41, 5.74) is 2.74. The molecule has 0 heterocycles. The molecular weight excluding hydrogens is 342 g/mol. The highest BCUT2D eigenvalue weighted by Crippen LogP contribution is 2.61. The van der Waals surface area contributed by atoms with Crippen LogP contribution in [0.2, 0.25) is 0 Å². The Hall–Kier alpha value is -2.09. The molecule has 146 valence electrons. The van der Waals surface area contributed by atoms with E-state index in [-0.39, 0.29) is 0 Å². The molecule has 0 aromatic heterocycles. The van der Waals surface area contributed by atoms with Crippen LogP contribution in [0.3, 0.4) is 0 Å². The van der Waals surface area contributed by atoms with Crippen LogP contribution >= 0.6 is 0 Å². The molecule has 2 heteroatoms. The number of rotatable bonds is 6. The standard InChI is InChI=1S/C26H31NO/c28-25(17-26-14-22-11-23(15-26)13-24(12-22)16-26)27(18-20-7-3-1-4-8-20)19-21-9-5-2-6-10-21/h1-10,22-24H,11-19H2. The van der Waals surface area contributed by atoms with E-state index in [1.54, 1.807) is 0 Å². The average molecular weight is 374 g/mol. The molecule has 2 aromatic carbocycles. The maximum atomic E-state index is 13.6. The average Bonchev–Trinajstić information content (AvgIpc) is 2.68. The van der Waals surface area contributed by atoms with Crippen LogP contribution in [0, 0.1) is 23.2 Å². The number of hydrogen-bond donors (Lipinski definition) is 0. The third-order valence-electron chi connectivity index (χ3n) is 7.48. The van der Waals surface area contributed by atoms with E-state index in [1.165, 1.54) is 49.7 Å². The molecule has 4 aliphatic carbocycles. The Morgan fingerprint density at radius 1 is 0.750 bits per heavy atom. The van der Waals surface area contributed by atoms with Crippen molar-refractivity contribution in [1.29, 1.82) is 0 Å². The van der Waals surface area contributed by atoms with E-state index in [1.807, 2.05) is 12.1 Å². The molecule has 0 saturated heterocycles. The predicted octanol–water partition coefficient (Wildman–Crippen LogP) is 5.82. The van der Waals surface area contributed by atoms with Crippen molar-refractivity contribution < 1.29 is 4.79 Å². The fraction of sp³-hybridized carbons (Fsp3) is 0.500. The lowest BCUT2D eigenvalue weighted by atomic mass is 9.49. The lowest BCUT2D eigenvalue weighted by molar-refractivity contribution is -0.140. The Morgan fingerprint density at radius 2 is 1.18 bits per heavy atom. The highest BCUT2D eigenvalue weighted by molar-refractivity contribution is 5.77. The molecule has 4 fully saturated rings. The lowest BCUT2D eigenvalue weighted by Gasteiger charge is -2.57. The monoisotopic (exact) mass is 373 g/mol. The molecule has 0 spiro atoms. The number of benzene rings is 2. The first-order valence-corrected chi connectivity index (χ1v) is 11.0. The van der Waals surface area contributed by atoms with Gasteiger partial charge in [-0.25, -0.2) is 0 Å². The van der Waals surface area contributed by atoms with Crippen molar-refractivity contribution in [3.63, 3.8) is 0 Å². The highest BCUT2D eigenvalue weighted by atomic mass is 16.2. The first kappa shape index (κ1) is 18.0. The predicted molar refractivity (Wildman–Crippen MR) is 112 cm³/mol. The van der Waals surface area contributed by atoms with Gasteiger partial charge in [-0.1, -0.05) is 60.7 Å². The van der Waals surface area contributed by atoms with Crippen molar-refractivity contribution in [3.8, 4) is 0 Å². The summed E-state index contributed by atoms with van der Waals surface area (Å²) in [4.78, 5) is 15.7. The second-order valence-corrected chi connectivity index (χ2v) is 9.82. The molecule has 0 unspecified atom stereocenters. The molecule has 4 aliphatic rings. The van der Waals surface area contributed by atoms with Gasteiger partial charge in [-0.2, -0.15) is 0 Å². The van der Waals surface area contributed by atoms with E-state index in [2.05, 4.69) is 53.4 Å². The van der Waals surface area contributed by atoms with E-state index in [0.717, 1.165) is 24.2 Å². The lowest BCUT2D eigenvalue weighted by Crippen LogP contribution is -2.48. The summed E-state index contributed by atoms with van der Waals surface area (Å²) in [6.07, 6.45) is 8.97. The SMILES string of the molecule is O=C(CC12CC3CC(CC(C3)C1)C2)N(Cc1ccccc1)Cc1ccccc1. The third-order valence-corrected chi connectivity index (χ3v) is 7.48. The van der Waals surface area contributed by atoms with Gasteiger partial charge in [0, 0.05) is 19.5 Å². The quantitative estimate of drug-likeness (QED) is 0.624. The topological polar surface area (TPSA) is 20.3 Å². The van der Waals surface area contributed by atoms with Crippen molar-refractivity contribution in [2.24, 2.45) is 23.2 Å². The molecule has 0 atom stereocenters. The summed E-state index contributed by atoms with van der Waals surface area (Å²) in [6.45, 7) is 1.42. The molecule has 28 heavy (non-hydrogen) atoms. The minimum Gasteiger partial charge on any atom is -0.334 e. The number of nitrogens with zero attached hydrogens (tertiary/aromatic N) is 1. The molecule has 2 nitrogen and oxygen atoms in total. The second kappa shape index (κ2) is 7.39. The molecule has 6 rings (SSSR count). The third kappa shape index (κ3) is 3.74. The first-order valence-electron chi connectivity index (χ1n) is 11.0. The van der Waals surface area contributed by atoms with Gasteiger partial charge in [0.15, 0.2) is 0 Å². The van der Waals surface area contributed by atoms with Crippen LogP contribution in [0.1, 0.15) is 56.1 Å². The summed E-state index contributed by atoms with van der Waals surface area (Å²) in [5.74, 6) is 3.05. The summed E-state index contributed by atoms with van der Waals surface area (Å²) < 4.78 is 0. The van der Waals surface area contributed by atoms with Crippen LogP contribution < -0.4 is 0 Å². The molecular formula is C26H31NO. The maximum absolute atomic E-state index is 13.6. The van der Waals surface area contributed by atoms with Gasteiger partial charge < -0.3 is 4.90 Å². The fourth-order valence-electron chi connectivity index (χ4n) is 6.78. The van der Waals surface area contributed by atoms with Crippen molar-refractivity contribution in [1.82, 2.24) is 4.90 Å². The van der Waals surface area contributed by atoms with Gasteiger partial charge >= 0.3 is 0 Å². The van der Waals surface area contributed by atoms with Gasteiger partial charge in [-0.05, 0) is 72.8 Å². The van der Waals surface area contributed by atoms with Crippen LogP contribution in [0.25, 0.3) is 0 Å². The van der Waals surface area contributed by atoms with Crippen LogP contribution in [-0.2, 0) is 17.9 Å². The number of hydrogen-bond acceptors (Lipinski definition) is 1. The van der Waals surface area contributed by atoms with Gasteiger partial charge in [0.2, 0.25) is 5.91 Å². The number of amides is 1. The van der Waals surface area contributed by atoms with Gasteiger partial charge in [0.1, 0.15) is 0 Å². The van der Waals surface area contributed by atoms with Crippen molar-refractivity contribution >= 4 is 5.91 Å². The van der Waals surface area contributed by atoms with Crippen LogP contribution in [0.5, 0.6) is 0 Å². The van der Waals surface area contributed by atoms with Gasteiger partial charge in [-0.3, -0.25) is 4.79 Å². The number of carbonyl (C=O) groups is 1. The number of carbonyl (C=O) groups excluding carboxylic acids is 1. The Labute approximate surface area is 169 Å². The maximum Gasteiger partial charge on any atom is 0.223 e. The Kier molecular flexibility index (Phi) is 4.74. The summed E-state index contributed by atoms with van der Waals surface area (Å²) in [6, 6.07) is 20.9. The van der Waals surface area contributed by atoms with E-state index in [9.17, 15) is 4.79 Å². The molecule has 2 aromatic rings. The highest BCUT2D eigenvalue weighted by Gasteiger charge is 2.51. The zero-order valence-corrected chi connectivity index (χ0v) is 16.7. The molecule has 4 bridgehead atoms. The minimum atomic E-state index is 0.303. The zero-order valence-electron chi connectivity index (χ0n) is 16.7. The summed E-state index contributed by atoms with van der Waals surface area (Å²) in [5, 5.41) is 0. The van der Waals surface area contributed by atoms with Crippen molar-refractivity contribution in [2.45, 2.75) is 58.0 Å². The normalized spacial score (nSPS) is 30.4.